The average Bonchev–Trinajstić information content (AvgIpc) is 2.88. The lowest BCUT2D eigenvalue weighted by atomic mass is 10.4. The summed E-state index contributed by atoms with van der Waals surface area (Å²) in [7, 11) is -8.44. The van der Waals surface area contributed by atoms with Crippen molar-refractivity contribution in [2.24, 2.45) is 4.41 Å². The Bertz CT molecular complexity index is 1320. The van der Waals surface area contributed by atoms with E-state index >= 15 is 0 Å². The summed E-state index contributed by atoms with van der Waals surface area (Å²) in [6, 6.07) is 44.0. The maximum atomic E-state index is 5.89. The molecule has 4 aromatic rings. The third-order valence-electron chi connectivity index (χ3n) is 5.79. The summed E-state index contributed by atoms with van der Waals surface area (Å²) in [6.07, 6.45) is 0. The number of nitrogens with one attached hydrogen (secondary N) is 1. The topological polar surface area (TPSA) is 24.4 Å². The Balaban J connectivity index is 2.30. The molecule has 0 saturated carbocycles. The summed E-state index contributed by atoms with van der Waals surface area (Å²) in [5, 5.41) is 5.17. The zero-order valence-electron chi connectivity index (χ0n) is 22.9. The molecule has 6 heteroatoms. The second-order valence-corrected chi connectivity index (χ2v) is 27.4. The standard InChI is InChI=1S/C31H39N2P2Si2/c1-36(2,3)32-34(28-19-11-7-12-20-28,29-21-13-8-14-22-29)27-35(33-37(4,5)6,30-23-15-9-16-24-30)31-25-17-10-18-26-31/h7-26,32H,1-6H3/q+1. The minimum atomic E-state index is -2.42. The van der Waals surface area contributed by atoms with E-state index in [-0.39, 0.29) is 0 Å². The van der Waals surface area contributed by atoms with Gasteiger partial charge in [0.25, 0.3) is 12.6 Å². The van der Waals surface area contributed by atoms with Crippen LogP contribution >= 0.6 is 14.1 Å². The van der Waals surface area contributed by atoms with Crippen LogP contribution < -0.4 is 26.0 Å². The maximum absolute atomic E-state index is 5.89. The van der Waals surface area contributed by atoms with E-state index in [1.165, 1.54) is 21.2 Å². The van der Waals surface area contributed by atoms with E-state index in [1.54, 1.807) is 0 Å². The van der Waals surface area contributed by atoms with Crippen LogP contribution in [-0.2, 0) is 0 Å². The minimum absolute atomic E-state index is 1.28. The van der Waals surface area contributed by atoms with E-state index in [9.17, 15) is 0 Å². The van der Waals surface area contributed by atoms with Gasteiger partial charge in [-0.05, 0) is 68.2 Å². The fraction of sp³-hybridized carbons (Fsp3) is 0.194. The summed E-state index contributed by atoms with van der Waals surface area (Å²) in [5.74, 6) is 0. The monoisotopic (exact) mass is 557 g/mol. The fourth-order valence-corrected chi connectivity index (χ4v) is 22.0. The normalized spacial score (nSPS) is 12.6. The van der Waals surface area contributed by atoms with Crippen molar-refractivity contribution >= 4 is 57.3 Å². The van der Waals surface area contributed by atoms with Gasteiger partial charge in [-0.25, -0.2) is 0 Å². The van der Waals surface area contributed by atoms with Gasteiger partial charge in [-0.3, -0.25) is 9.16 Å². The van der Waals surface area contributed by atoms with Crippen LogP contribution in [-0.4, -0.2) is 22.0 Å². The van der Waals surface area contributed by atoms with Gasteiger partial charge < -0.3 is 0 Å². The first-order valence-electron chi connectivity index (χ1n) is 12.9. The molecule has 1 N–H and O–H groups in total. The van der Waals surface area contributed by atoms with Crippen LogP contribution in [0.25, 0.3) is 0 Å². The van der Waals surface area contributed by atoms with Gasteiger partial charge in [-0.2, -0.15) is 0 Å². The number of hydrogen-bond acceptors (Lipinski definition) is 2. The molecule has 0 heterocycles. The molecule has 0 atom stereocenters. The molecule has 0 bridgehead atoms. The highest BCUT2D eigenvalue weighted by Gasteiger charge is 2.47. The first-order chi connectivity index (χ1) is 17.5. The van der Waals surface area contributed by atoms with E-state index in [1.807, 2.05) is 0 Å². The summed E-state index contributed by atoms with van der Waals surface area (Å²) in [6.45, 7) is 14.3. The zero-order chi connectivity index (χ0) is 26.6. The Morgan fingerprint density at radius 3 is 1.14 bits per heavy atom. The molecule has 0 amide bonds. The Morgan fingerprint density at radius 1 is 0.514 bits per heavy atom. The summed E-state index contributed by atoms with van der Waals surface area (Å²) >= 11 is 0. The second-order valence-electron chi connectivity index (χ2n) is 11.4. The van der Waals surface area contributed by atoms with Gasteiger partial charge in [-0.1, -0.05) is 92.4 Å². The van der Waals surface area contributed by atoms with Crippen molar-refractivity contribution in [3.05, 3.63) is 121 Å². The molecule has 0 aromatic heterocycles. The Morgan fingerprint density at radius 2 is 0.838 bits per heavy atom. The highest BCUT2D eigenvalue weighted by molar-refractivity contribution is 8.08. The molecule has 0 radical (unpaired) electrons. The number of rotatable bonds is 8. The van der Waals surface area contributed by atoms with Gasteiger partial charge in [0, 0.05) is 21.2 Å². The van der Waals surface area contributed by atoms with Crippen LogP contribution in [0.3, 0.4) is 0 Å². The smallest absolute Gasteiger partial charge is 0.268 e. The highest BCUT2D eigenvalue weighted by atomic mass is 31.2. The van der Waals surface area contributed by atoms with E-state index in [4.69, 9.17) is 4.41 Å². The predicted octanol–water partition coefficient (Wildman–Crippen LogP) is 7.32. The van der Waals surface area contributed by atoms with E-state index in [2.05, 4.69) is 171 Å². The number of hydrogen-bond donors (Lipinski definition) is 1. The van der Waals surface area contributed by atoms with Crippen molar-refractivity contribution in [3.63, 3.8) is 0 Å². The van der Waals surface area contributed by atoms with E-state index in [0.29, 0.717) is 0 Å². The third-order valence-corrected chi connectivity index (χ3v) is 20.0. The van der Waals surface area contributed by atoms with Crippen LogP contribution in [0.15, 0.2) is 126 Å². The van der Waals surface area contributed by atoms with Crippen LogP contribution in [0.2, 0.25) is 39.3 Å². The first-order valence-corrected chi connectivity index (χ1v) is 23.4. The lowest BCUT2D eigenvalue weighted by Gasteiger charge is -2.29. The van der Waals surface area contributed by atoms with Crippen molar-refractivity contribution in [1.82, 2.24) is 4.75 Å². The third kappa shape index (κ3) is 6.59. The molecule has 0 aliphatic heterocycles. The number of nitrogens with zero attached hydrogens (tertiary/aromatic N) is 1. The maximum Gasteiger partial charge on any atom is 0.268 e. The molecule has 0 spiro atoms. The van der Waals surface area contributed by atoms with E-state index < -0.39 is 30.6 Å². The van der Waals surface area contributed by atoms with Gasteiger partial charge in [0.15, 0.2) is 8.24 Å². The first kappa shape index (κ1) is 27.7. The summed E-state index contributed by atoms with van der Waals surface area (Å²) in [4.78, 5) is 0. The van der Waals surface area contributed by atoms with Gasteiger partial charge >= 0.3 is 0 Å². The molecule has 37 heavy (non-hydrogen) atoms. The largest absolute Gasteiger partial charge is 0.285 e. The fourth-order valence-electron chi connectivity index (χ4n) is 4.58. The van der Waals surface area contributed by atoms with Crippen molar-refractivity contribution < 1.29 is 0 Å². The average molecular weight is 558 g/mol. The Kier molecular flexibility index (Phi) is 8.41. The molecule has 0 aliphatic carbocycles. The van der Waals surface area contributed by atoms with Crippen molar-refractivity contribution in [1.29, 1.82) is 0 Å². The molecule has 0 saturated heterocycles. The highest BCUT2D eigenvalue weighted by Crippen LogP contribution is 2.55. The molecule has 0 unspecified atom stereocenters. The van der Waals surface area contributed by atoms with Crippen molar-refractivity contribution in [2.45, 2.75) is 39.3 Å². The lowest BCUT2D eigenvalue weighted by Crippen LogP contribution is -2.45. The Labute approximate surface area is 226 Å². The SMILES string of the molecule is C[Si](C)(C)N=P([C+]=P(N[Si](C)(C)C)(c1ccccc1)c1ccccc1)(c1ccccc1)c1ccccc1. The zero-order valence-corrected chi connectivity index (χ0v) is 26.7. The molecule has 190 valence electrons. The van der Waals surface area contributed by atoms with Gasteiger partial charge in [0.1, 0.15) is 8.24 Å². The van der Waals surface area contributed by atoms with Gasteiger partial charge in [0.05, 0.1) is 0 Å². The molecule has 0 fully saturated rings. The van der Waals surface area contributed by atoms with Crippen LogP contribution in [0.4, 0.5) is 0 Å². The molecule has 0 aliphatic rings. The van der Waals surface area contributed by atoms with Gasteiger partial charge in [0.2, 0.25) is 7.04 Å². The van der Waals surface area contributed by atoms with E-state index in [0.717, 1.165) is 0 Å². The predicted molar refractivity (Wildman–Crippen MR) is 175 cm³/mol. The quantitative estimate of drug-likeness (QED) is 0.137. The molecule has 2 nitrogen and oxygen atoms in total. The Hall–Kier alpha value is -2.29. The summed E-state index contributed by atoms with van der Waals surface area (Å²) in [5.41, 5.74) is 4.47. The minimum Gasteiger partial charge on any atom is -0.285 e. The molecule has 4 rings (SSSR count). The van der Waals surface area contributed by atoms with Gasteiger partial charge in [-0.15, -0.1) is 0 Å². The van der Waals surface area contributed by atoms with Crippen molar-refractivity contribution in [3.8, 4) is 0 Å². The van der Waals surface area contributed by atoms with Crippen molar-refractivity contribution in [2.75, 3.05) is 0 Å². The second kappa shape index (κ2) is 11.2. The molecular weight excluding hydrogens is 518 g/mol. The number of benzene rings is 4. The molecular formula is C31H39N2P2Si2+. The van der Waals surface area contributed by atoms with Crippen LogP contribution in [0.5, 0.6) is 0 Å². The van der Waals surface area contributed by atoms with Crippen LogP contribution in [0.1, 0.15) is 0 Å². The summed E-state index contributed by atoms with van der Waals surface area (Å²) < 4.78 is 10.2. The molecule has 4 aromatic carbocycles. The lowest BCUT2D eigenvalue weighted by molar-refractivity contribution is 1.43. The van der Waals surface area contributed by atoms with Crippen LogP contribution in [0, 0.1) is 0 Å².